The molecule has 0 bridgehead atoms. The summed E-state index contributed by atoms with van der Waals surface area (Å²) in [5, 5.41) is 22.6. The van der Waals surface area contributed by atoms with Crippen molar-refractivity contribution >= 4 is 23.3 Å². The Morgan fingerprint density at radius 1 is 0.482 bits per heavy atom. The van der Waals surface area contributed by atoms with Gasteiger partial charge in [-0.25, -0.2) is 0 Å². The van der Waals surface area contributed by atoms with E-state index in [2.05, 4.69) is 84.2 Å². The zero-order valence-corrected chi connectivity index (χ0v) is 37.7. The molecule has 3 aromatic carbocycles. The van der Waals surface area contributed by atoms with E-state index in [0.29, 0.717) is 12.0 Å². The summed E-state index contributed by atoms with van der Waals surface area (Å²) in [5.41, 5.74) is 11.1. The molecule has 3 rings (SSSR count). The maximum Gasteiger partial charge on any atom is 2.00 e. The van der Waals surface area contributed by atoms with Crippen LogP contribution in [-0.2, 0) is 55.0 Å². The fourth-order valence-corrected chi connectivity index (χ4v) is 7.25. The molecule has 4 nitrogen and oxygen atoms in total. The molecule has 0 spiro atoms. The first-order valence-corrected chi connectivity index (χ1v) is 22.7. The topological polar surface area (TPSA) is 70.8 Å². The third-order valence-corrected chi connectivity index (χ3v) is 10.7. The molecule has 3 aromatic rings. The van der Waals surface area contributed by atoms with Gasteiger partial charge >= 0.3 is 16.5 Å². The minimum absolute atomic E-state index is 0. The Labute approximate surface area is 354 Å². The van der Waals surface area contributed by atoms with Gasteiger partial charge in [0.05, 0.1) is 17.1 Å². The van der Waals surface area contributed by atoms with Gasteiger partial charge in [-0.3, -0.25) is 9.98 Å². The van der Waals surface area contributed by atoms with Crippen molar-refractivity contribution in [2.24, 2.45) is 9.98 Å². The second kappa shape index (κ2) is 32.1. The van der Waals surface area contributed by atoms with Crippen LogP contribution in [0.25, 0.3) is 0 Å². The number of nitrogens with zero attached hydrogens (tertiary/aromatic N) is 2. The van der Waals surface area contributed by atoms with E-state index in [9.17, 15) is 10.2 Å². The number of aliphatic imine (C=N–C) groups is 2. The van der Waals surface area contributed by atoms with Crippen LogP contribution in [0.1, 0.15) is 197 Å². The smallest absolute Gasteiger partial charge is 0.873 e. The Morgan fingerprint density at radius 3 is 1.41 bits per heavy atom. The molecule has 0 fully saturated rings. The Hall–Kier alpha value is -2.91. The Bertz CT molecular complexity index is 1530. The molecule has 0 saturated carbocycles. The Balaban J connectivity index is 0.000000877. The molecule has 0 radical (unpaired) electrons. The van der Waals surface area contributed by atoms with Gasteiger partial charge < -0.3 is 10.2 Å². The first-order chi connectivity index (χ1) is 26.8. The van der Waals surface area contributed by atoms with E-state index in [1.165, 1.54) is 150 Å². The van der Waals surface area contributed by atoms with Gasteiger partial charge in [0, 0.05) is 6.21 Å². The molecule has 0 aliphatic rings. The summed E-state index contributed by atoms with van der Waals surface area (Å²) >= 11 is 0. The predicted octanol–water partition coefficient (Wildman–Crippen LogP) is 14.4. The molecule has 0 saturated heterocycles. The maximum atomic E-state index is 11.5. The number of unbranched alkanes of at least 4 members (excludes halogenated alkanes) is 11. The molecule has 0 aromatic heterocycles. The van der Waals surface area contributed by atoms with Gasteiger partial charge in [-0.2, -0.15) is 0 Å². The van der Waals surface area contributed by atoms with Gasteiger partial charge in [-0.1, -0.05) is 149 Å². The summed E-state index contributed by atoms with van der Waals surface area (Å²) in [4.78, 5) is 10.2. The zero-order valence-electron chi connectivity index (χ0n) is 36.7. The van der Waals surface area contributed by atoms with Crippen molar-refractivity contribution in [3.8, 4) is 11.5 Å². The number of rotatable bonds is 27. The molecular formula is C51H78N2NiO2. The van der Waals surface area contributed by atoms with Crippen LogP contribution in [0.4, 0.5) is 11.4 Å². The number of aryl methyl sites for hydroxylation is 5. The van der Waals surface area contributed by atoms with Crippen LogP contribution in [0.3, 0.4) is 0 Å². The molecular weight excluding hydrogens is 731 g/mol. The molecule has 0 heterocycles. The van der Waals surface area contributed by atoms with Crippen molar-refractivity contribution < 1.29 is 26.7 Å². The van der Waals surface area contributed by atoms with Crippen LogP contribution in [0.2, 0.25) is 0 Å². The molecule has 314 valence electrons. The normalized spacial score (nSPS) is 11.4. The summed E-state index contributed by atoms with van der Waals surface area (Å²) < 4.78 is 0. The van der Waals surface area contributed by atoms with Crippen molar-refractivity contribution in [1.82, 2.24) is 0 Å². The van der Waals surface area contributed by atoms with Gasteiger partial charge in [0.2, 0.25) is 0 Å². The Morgan fingerprint density at radius 2 is 0.911 bits per heavy atom. The summed E-state index contributed by atoms with van der Waals surface area (Å²) in [6.45, 7) is 15.5. The maximum absolute atomic E-state index is 11.5. The minimum atomic E-state index is -0.373. The second-order valence-electron chi connectivity index (χ2n) is 15.5. The molecule has 0 unspecified atom stereocenters. The van der Waals surface area contributed by atoms with Crippen LogP contribution in [0.5, 0.6) is 11.5 Å². The zero-order chi connectivity index (χ0) is 40.1. The van der Waals surface area contributed by atoms with E-state index in [-0.39, 0.29) is 28.0 Å². The number of benzene rings is 3. The van der Waals surface area contributed by atoms with Crippen molar-refractivity contribution in [3.05, 3.63) is 81.9 Å². The predicted molar refractivity (Wildman–Crippen MR) is 239 cm³/mol. The molecule has 5 heteroatoms. The van der Waals surface area contributed by atoms with Crippen molar-refractivity contribution in [2.45, 2.75) is 203 Å². The standard InChI is InChI=1S/C39H62N2.C12H18O2.Ni/c1-6-11-16-21-33-26-28-37(30-35(33)23-18-13-8-3)40-32-39(25-20-15-10-5)41-38-29-27-34(22-17-12-7-2)36(31-38)24-19-14-9-4;1-3-5-6-9-7-8-11(13)12(14)10(9)4-2;/h26-32H,6-25H2,1-5H3;7-8,13-14H,3-6H2,1-2H3;/q;;+2/p-2. The van der Waals surface area contributed by atoms with E-state index in [1.54, 1.807) is 6.07 Å². The van der Waals surface area contributed by atoms with E-state index in [4.69, 9.17) is 9.98 Å². The van der Waals surface area contributed by atoms with Gasteiger partial charge in [0.25, 0.3) is 0 Å². The summed E-state index contributed by atoms with van der Waals surface area (Å²) in [7, 11) is 0. The van der Waals surface area contributed by atoms with E-state index in [1.807, 2.05) is 6.92 Å². The van der Waals surface area contributed by atoms with E-state index in [0.717, 1.165) is 48.3 Å². The molecule has 0 amide bonds. The third kappa shape index (κ3) is 20.0. The summed E-state index contributed by atoms with van der Waals surface area (Å²) in [6, 6.07) is 17.1. The molecule has 0 aliphatic heterocycles. The molecule has 0 atom stereocenters. The van der Waals surface area contributed by atoms with Crippen molar-refractivity contribution in [3.63, 3.8) is 0 Å². The fraction of sp³-hybridized carbons (Fsp3) is 0.608. The van der Waals surface area contributed by atoms with Crippen LogP contribution in [0, 0.1) is 0 Å². The summed E-state index contributed by atoms with van der Waals surface area (Å²) in [6.07, 6.45) is 30.5. The van der Waals surface area contributed by atoms with E-state index >= 15 is 0 Å². The second-order valence-corrected chi connectivity index (χ2v) is 15.5. The molecule has 56 heavy (non-hydrogen) atoms. The van der Waals surface area contributed by atoms with Crippen LogP contribution >= 0.6 is 0 Å². The fourth-order valence-electron chi connectivity index (χ4n) is 7.25. The van der Waals surface area contributed by atoms with Crippen molar-refractivity contribution in [1.29, 1.82) is 0 Å². The molecule has 0 N–H and O–H groups in total. The van der Waals surface area contributed by atoms with Crippen LogP contribution < -0.4 is 10.2 Å². The SMILES string of the molecule is CCCCCC(C=Nc1ccc(CCCCC)c(CCCCC)c1)=Nc1ccc(CCCCC)c(CCCCC)c1.CCCCc1ccc([O-])c([O-])c1CC.[Ni+2]. The largest absolute Gasteiger partial charge is 2.00 e. The first-order valence-electron chi connectivity index (χ1n) is 22.7. The quantitative estimate of drug-likeness (QED) is 0.0437. The number of hydrogen-bond donors (Lipinski definition) is 0. The van der Waals surface area contributed by atoms with Gasteiger partial charge in [-0.05, 0) is 136 Å². The average Bonchev–Trinajstić information content (AvgIpc) is 3.19. The average molecular weight is 810 g/mol. The third-order valence-electron chi connectivity index (χ3n) is 10.7. The van der Waals surface area contributed by atoms with Gasteiger partial charge in [0.1, 0.15) is 0 Å². The monoisotopic (exact) mass is 809 g/mol. The van der Waals surface area contributed by atoms with Crippen molar-refractivity contribution in [2.75, 3.05) is 0 Å². The van der Waals surface area contributed by atoms with Crippen LogP contribution in [0.15, 0.2) is 58.5 Å². The van der Waals surface area contributed by atoms with Crippen LogP contribution in [-0.4, -0.2) is 11.9 Å². The van der Waals surface area contributed by atoms with E-state index < -0.39 is 0 Å². The summed E-state index contributed by atoms with van der Waals surface area (Å²) in [5.74, 6) is -0.678. The number of hydrogen-bond acceptors (Lipinski definition) is 4. The minimum Gasteiger partial charge on any atom is -0.873 e. The first kappa shape index (κ1) is 51.1. The van der Waals surface area contributed by atoms with Gasteiger partial charge in [-0.15, -0.1) is 11.5 Å². The molecule has 0 aliphatic carbocycles. The van der Waals surface area contributed by atoms with Gasteiger partial charge in [0.15, 0.2) is 0 Å². The Kier molecular flexibility index (Phi) is 29.3.